The van der Waals surface area contributed by atoms with Gasteiger partial charge in [0, 0.05) is 31.9 Å². The Balaban J connectivity index is 2.22. The zero-order chi connectivity index (χ0) is 12.7. The summed E-state index contributed by atoms with van der Waals surface area (Å²) in [5.74, 6) is 1.16. The van der Waals surface area contributed by atoms with Gasteiger partial charge in [-0.2, -0.15) is 0 Å². The van der Waals surface area contributed by atoms with E-state index in [9.17, 15) is 0 Å². The molecule has 1 N–H and O–H groups in total. The molecule has 96 valence electrons. The molecule has 0 spiro atoms. The van der Waals surface area contributed by atoms with Crippen LogP contribution in [0.1, 0.15) is 39.4 Å². The molecule has 0 bridgehead atoms. The maximum Gasteiger partial charge on any atom is 0.108 e. The first-order valence-electron chi connectivity index (χ1n) is 6.45. The minimum absolute atomic E-state index is 0.580. The molecule has 0 radical (unpaired) electrons. The van der Waals surface area contributed by atoms with Crippen LogP contribution >= 0.6 is 0 Å². The second kappa shape index (κ2) is 7.28. The van der Waals surface area contributed by atoms with E-state index in [4.69, 9.17) is 0 Å². The molecule has 3 heteroatoms. The lowest BCUT2D eigenvalue weighted by Crippen LogP contribution is -2.23. The Bertz CT molecular complexity index is 350. The van der Waals surface area contributed by atoms with Gasteiger partial charge in [0.2, 0.25) is 0 Å². The highest BCUT2D eigenvalue weighted by Gasteiger charge is 1.99. The number of nitrogens with zero attached hydrogens (tertiary/aromatic N) is 2. The lowest BCUT2D eigenvalue weighted by molar-refractivity contribution is 0.594. The van der Waals surface area contributed by atoms with Gasteiger partial charge in [-0.3, -0.25) is 0 Å². The smallest absolute Gasteiger partial charge is 0.108 e. The van der Waals surface area contributed by atoms with Crippen LogP contribution < -0.4 is 5.32 Å². The molecule has 1 aromatic heterocycles. The van der Waals surface area contributed by atoms with E-state index in [1.165, 1.54) is 5.57 Å². The van der Waals surface area contributed by atoms with Gasteiger partial charge in [0.25, 0.3) is 0 Å². The van der Waals surface area contributed by atoms with Gasteiger partial charge < -0.3 is 9.88 Å². The third-order valence-electron chi connectivity index (χ3n) is 2.85. The molecule has 17 heavy (non-hydrogen) atoms. The van der Waals surface area contributed by atoms with Crippen molar-refractivity contribution in [3.05, 3.63) is 29.9 Å². The molecule has 0 aromatic carbocycles. The summed E-state index contributed by atoms with van der Waals surface area (Å²) in [7, 11) is 2.05. The molecule has 3 nitrogen and oxygen atoms in total. The summed E-state index contributed by atoms with van der Waals surface area (Å²) in [6, 6.07) is 0.580. The fourth-order valence-corrected chi connectivity index (χ4v) is 1.74. The standard InChI is InChI=1S/C14H25N3/c1-12(2)15-9-5-6-13(3)7-8-14-16-10-11-17(14)4/h6,10-12,15H,5,7-9H2,1-4H3/b13-6-. The van der Waals surface area contributed by atoms with Crippen molar-refractivity contribution in [2.75, 3.05) is 6.54 Å². The summed E-state index contributed by atoms with van der Waals surface area (Å²) < 4.78 is 2.09. The quantitative estimate of drug-likeness (QED) is 0.581. The van der Waals surface area contributed by atoms with Crippen LogP contribution in [0.25, 0.3) is 0 Å². The minimum Gasteiger partial charge on any atom is -0.338 e. The van der Waals surface area contributed by atoms with Gasteiger partial charge in [0.05, 0.1) is 0 Å². The molecule has 0 aliphatic rings. The van der Waals surface area contributed by atoms with Gasteiger partial charge in [-0.1, -0.05) is 25.5 Å². The zero-order valence-electron chi connectivity index (χ0n) is 11.5. The first kappa shape index (κ1) is 14.0. The van der Waals surface area contributed by atoms with Gasteiger partial charge in [-0.25, -0.2) is 4.98 Å². The van der Waals surface area contributed by atoms with Crippen LogP contribution in [0.15, 0.2) is 24.0 Å². The molecule has 1 aromatic rings. The van der Waals surface area contributed by atoms with Gasteiger partial charge in [0.15, 0.2) is 0 Å². The number of aryl methyl sites for hydroxylation is 2. The monoisotopic (exact) mass is 235 g/mol. The van der Waals surface area contributed by atoms with Crippen molar-refractivity contribution in [3.8, 4) is 0 Å². The minimum atomic E-state index is 0.580. The van der Waals surface area contributed by atoms with E-state index in [-0.39, 0.29) is 0 Å². The van der Waals surface area contributed by atoms with Gasteiger partial charge in [0.1, 0.15) is 5.82 Å². The van der Waals surface area contributed by atoms with Crippen molar-refractivity contribution in [3.63, 3.8) is 0 Å². The fraction of sp³-hybridized carbons (Fsp3) is 0.643. The lowest BCUT2D eigenvalue weighted by atomic mass is 10.1. The number of imidazole rings is 1. The molecule has 0 atom stereocenters. The van der Waals surface area contributed by atoms with Crippen LogP contribution in [-0.2, 0) is 13.5 Å². The Hall–Kier alpha value is -1.09. The average Bonchev–Trinajstić information content (AvgIpc) is 2.67. The highest BCUT2D eigenvalue weighted by Crippen LogP contribution is 2.07. The Morgan fingerprint density at radius 3 is 2.88 bits per heavy atom. The molecular formula is C14H25N3. The van der Waals surface area contributed by atoms with Crippen molar-refractivity contribution in [1.29, 1.82) is 0 Å². The maximum absolute atomic E-state index is 4.33. The molecule has 0 fully saturated rings. The highest BCUT2D eigenvalue weighted by atomic mass is 15.0. The van der Waals surface area contributed by atoms with Crippen LogP contribution in [0.3, 0.4) is 0 Å². The fourth-order valence-electron chi connectivity index (χ4n) is 1.74. The maximum atomic E-state index is 4.33. The van der Waals surface area contributed by atoms with E-state index in [1.54, 1.807) is 0 Å². The van der Waals surface area contributed by atoms with Crippen LogP contribution in [0.4, 0.5) is 0 Å². The molecule has 0 aliphatic carbocycles. The van der Waals surface area contributed by atoms with E-state index in [0.29, 0.717) is 6.04 Å². The Morgan fingerprint density at radius 1 is 1.53 bits per heavy atom. The predicted molar refractivity (Wildman–Crippen MR) is 73.0 cm³/mol. The summed E-state index contributed by atoms with van der Waals surface area (Å²) in [4.78, 5) is 4.33. The van der Waals surface area contributed by atoms with E-state index >= 15 is 0 Å². The van der Waals surface area contributed by atoms with E-state index in [2.05, 4.69) is 41.7 Å². The summed E-state index contributed by atoms with van der Waals surface area (Å²) >= 11 is 0. The number of aromatic nitrogens is 2. The number of rotatable bonds is 7. The average molecular weight is 235 g/mol. The molecule has 0 saturated heterocycles. The van der Waals surface area contributed by atoms with Crippen molar-refractivity contribution in [2.45, 2.75) is 46.1 Å². The van der Waals surface area contributed by atoms with Gasteiger partial charge in [-0.05, 0) is 26.3 Å². The molecule has 0 amide bonds. The summed E-state index contributed by atoms with van der Waals surface area (Å²) in [6.07, 6.45) is 9.45. The highest BCUT2D eigenvalue weighted by molar-refractivity contribution is 5.02. The van der Waals surface area contributed by atoms with Crippen LogP contribution in [-0.4, -0.2) is 22.1 Å². The Morgan fingerprint density at radius 2 is 2.29 bits per heavy atom. The Kier molecular flexibility index (Phi) is 5.98. The van der Waals surface area contributed by atoms with Crippen molar-refractivity contribution in [2.24, 2.45) is 7.05 Å². The van der Waals surface area contributed by atoms with E-state index in [1.807, 2.05) is 19.4 Å². The van der Waals surface area contributed by atoms with Gasteiger partial charge in [-0.15, -0.1) is 0 Å². The molecule has 1 rings (SSSR count). The molecule has 1 heterocycles. The molecule has 0 saturated carbocycles. The first-order chi connectivity index (χ1) is 8.09. The number of hydrogen-bond acceptors (Lipinski definition) is 2. The largest absolute Gasteiger partial charge is 0.338 e. The van der Waals surface area contributed by atoms with Crippen molar-refractivity contribution >= 4 is 0 Å². The second-order valence-corrected chi connectivity index (χ2v) is 4.90. The van der Waals surface area contributed by atoms with Crippen LogP contribution in [0, 0.1) is 0 Å². The van der Waals surface area contributed by atoms with E-state index in [0.717, 1.165) is 31.6 Å². The summed E-state index contributed by atoms with van der Waals surface area (Å²) in [5.41, 5.74) is 1.46. The molecular weight excluding hydrogens is 210 g/mol. The Labute approximate surface area is 105 Å². The first-order valence-corrected chi connectivity index (χ1v) is 6.45. The van der Waals surface area contributed by atoms with Crippen LogP contribution in [0.5, 0.6) is 0 Å². The van der Waals surface area contributed by atoms with Crippen LogP contribution in [0.2, 0.25) is 0 Å². The van der Waals surface area contributed by atoms with Gasteiger partial charge >= 0.3 is 0 Å². The predicted octanol–water partition coefficient (Wildman–Crippen LogP) is 2.69. The normalized spacial score (nSPS) is 12.4. The molecule has 0 aliphatic heterocycles. The number of hydrogen-bond donors (Lipinski definition) is 1. The topological polar surface area (TPSA) is 29.9 Å². The third kappa shape index (κ3) is 5.68. The SMILES string of the molecule is C/C(=C/CCNC(C)C)CCc1nccn1C. The zero-order valence-corrected chi connectivity index (χ0v) is 11.5. The summed E-state index contributed by atoms with van der Waals surface area (Å²) in [6.45, 7) is 7.63. The number of nitrogens with one attached hydrogen (secondary N) is 1. The summed E-state index contributed by atoms with van der Waals surface area (Å²) in [5, 5.41) is 3.42. The van der Waals surface area contributed by atoms with Crippen molar-refractivity contribution in [1.82, 2.24) is 14.9 Å². The second-order valence-electron chi connectivity index (χ2n) is 4.90. The number of allylic oxidation sites excluding steroid dienone is 1. The van der Waals surface area contributed by atoms with Crippen molar-refractivity contribution < 1.29 is 0 Å². The third-order valence-corrected chi connectivity index (χ3v) is 2.85. The molecule has 0 unspecified atom stereocenters. The van der Waals surface area contributed by atoms with E-state index < -0.39 is 0 Å². The lowest BCUT2D eigenvalue weighted by Gasteiger charge is -2.06.